The molecule has 1 aromatic heterocycles. The number of benzene rings is 2. The van der Waals surface area contributed by atoms with Crippen molar-refractivity contribution >= 4 is 34.8 Å². The maximum Gasteiger partial charge on any atom is 0.363 e. The van der Waals surface area contributed by atoms with Gasteiger partial charge in [0, 0.05) is 30.5 Å². The molecule has 1 aliphatic rings. The van der Waals surface area contributed by atoms with E-state index in [0.717, 1.165) is 22.9 Å². The van der Waals surface area contributed by atoms with Crippen molar-refractivity contribution < 1.29 is 14.3 Å². The van der Waals surface area contributed by atoms with Gasteiger partial charge in [0.15, 0.2) is 11.6 Å². The standard InChI is InChI=1S/C22H18N2O3/c1-15(25)24-14-17(18-9-5-6-10-20(18)24)13-19-22(26)27-21(23-19)12-11-16-7-3-2-4-8-16/h2-10,13-14H,11-12H2,1H3/b19-13-. The van der Waals surface area contributed by atoms with E-state index in [1.807, 2.05) is 54.6 Å². The van der Waals surface area contributed by atoms with Crippen LogP contribution in [0, 0.1) is 0 Å². The summed E-state index contributed by atoms with van der Waals surface area (Å²) in [4.78, 5) is 28.4. The highest BCUT2D eigenvalue weighted by Crippen LogP contribution is 2.25. The first-order chi connectivity index (χ1) is 13.1. The summed E-state index contributed by atoms with van der Waals surface area (Å²) < 4.78 is 6.87. The fraction of sp³-hybridized carbons (Fsp3) is 0.136. The van der Waals surface area contributed by atoms with Crippen LogP contribution in [-0.4, -0.2) is 22.3 Å². The quantitative estimate of drug-likeness (QED) is 0.518. The summed E-state index contributed by atoms with van der Waals surface area (Å²) in [6.45, 7) is 1.51. The molecule has 0 atom stereocenters. The first-order valence-corrected chi connectivity index (χ1v) is 8.78. The SMILES string of the molecule is CC(=O)n1cc(/C=C2\N=C(CCc3ccccc3)OC2=O)c2ccccc21. The molecule has 0 bridgehead atoms. The summed E-state index contributed by atoms with van der Waals surface area (Å²) in [6, 6.07) is 17.6. The lowest BCUT2D eigenvalue weighted by atomic mass is 10.1. The molecule has 5 nitrogen and oxygen atoms in total. The molecule has 0 radical (unpaired) electrons. The summed E-state index contributed by atoms with van der Waals surface area (Å²) in [5.41, 5.74) is 2.99. The van der Waals surface area contributed by atoms with Crippen LogP contribution in [0.4, 0.5) is 0 Å². The van der Waals surface area contributed by atoms with Gasteiger partial charge in [0.2, 0.25) is 5.91 Å². The van der Waals surface area contributed by atoms with Crippen molar-refractivity contribution in [3.8, 4) is 0 Å². The maximum absolute atomic E-state index is 12.2. The van der Waals surface area contributed by atoms with Gasteiger partial charge in [-0.15, -0.1) is 0 Å². The number of para-hydroxylation sites is 1. The number of cyclic esters (lactones) is 1. The Kier molecular flexibility index (Phi) is 4.42. The van der Waals surface area contributed by atoms with Crippen LogP contribution in [-0.2, 0) is 16.0 Å². The van der Waals surface area contributed by atoms with E-state index in [4.69, 9.17) is 4.74 Å². The molecule has 0 saturated heterocycles. The average molecular weight is 358 g/mol. The number of nitrogens with zero attached hydrogens (tertiary/aromatic N) is 2. The van der Waals surface area contributed by atoms with Gasteiger partial charge in [0.05, 0.1) is 5.52 Å². The molecular formula is C22H18N2O3. The number of carbonyl (C=O) groups is 2. The molecule has 4 rings (SSSR count). The third-order valence-electron chi connectivity index (χ3n) is 4.51. The smallest absolute Gasteiger partial charge is 0.363 e. The lowest BCUT2D eigenvalue weighted by Gasteiger charge is -1.99. The molecule has 2 heterocycles. The molecule has 2 aromatic carbocycles. The van der Waals surface area contributed by atoms with E-state index in [2.05, 4.69) is 4.99 Å². The molecule has 0 amide bonds. The molecular weight excluding hydrogens is 340 g/mol. The van der Waals surface area contributed by atoms with Crippen molar-refractivity contribution in [3.63, 3.8) is 0 Å². The average Bonchev–Trinajstić information content (AvgIpc) is 3.22. The van der Waals surface area contributed by atoms with Gasteiger partial charge in [0.25, 0.3) is 0 Å². The van der Waals surface area contributed by atoms with Crippen LogP contribution in [0.1, 0.15) is 29.3 Å². The Bertz CT molecular complexity index is 1090. The second-order valence-electron chi connectivity index (χ2n) is 6.40. The molecule has 27 heavy (non-hydrogen) atoms. The summed E-state index contributed by atoms with van der Waals surface area (Å²) in [5.74, 6) is -0.125. The number of aromatic nitrogens is 1. The van der Waals surface area contributed by atoms with E-state index < -0.39 is 5.97 Å². The van der Waals surface area contributed by atoms with Gasteiger partial charge >= 0.3 is 5.97 Å². The van der Waals surface area contributed by atoms with Gasteiger partial charge in [-0.3, -0.25) is 9.36 Å². The Labute approximate surface area is 156 Å². The maximum atomic E-state index is 12.2. The zero-order valence-corrected chi connectivity index (χ0v) is 14.9. The van der Waals surface area contributed by atoms with Gasteiger partial charge in [-0.25, -0.2) is 9.79 Å². The largest absolute Gasteiger partial charge is 0.407 e. The fourth-order valence-corrected chi connectivity index (χ4v) is 3.19. The lowest BCUT2D eigenvalue weighted by Crippen LogP contribution is -2.05. The van der Waals surface area contributed by atoms with E-state index >= 15 is 0 Å². The number of carbonyl (C=O) groups excluding carboxylic acids is 2. The number of aryl methyl sites for hydroxylation is 1. The van der Waals surface area contributed by atoms with Crippen molar-refractivity contribution in [2.45, 2.75) is 19.8 Å². The predicted octanol–water partition coefficient (Wildman–Crippen LogP) is 4.23. The number of fused-ring (bicyclic) bond motifs is 1. The molecule has 134 valence electrons. The Morgan fingerprint density at radius 2 is 1.81 bits per heavy atom. The Morgan fingerprint density at radius 3 is 2.59 bits per heavy atom. The number of hydrogen-bond acceptors (Lipinski definition) is 4. The predicted molar refractivity (Wildman–Crippen MR) is 105 cm³/mol. The number of rotatable bonds is 4. The lowest BCUT2D eigenvalue weighted by molar-refractivity contribution is -0.130. The van der Waals surface area contributed by atoms with Crippen molar-refractivity contribution in [2.75, 3.05) is 0 Å². The van der Waals surface area contributed by atoms with Crippen molar-refractivity contribution in [1.82, 2.24) is 4.57 Å². The molecule has 0 fully saturated rings. The third-order valence-corrected chi connectivity index (χ3v) is 4.51. The number of esters is 1. The first kappa shape index (κ1) is 17.0. The molecule has 3 aromatic rings. The normalized spacial score (nSPS) is 15.2. The topological polar surface area (TPSA) is 60.7 Å². The van der Waals surface area contributed by atoms with Gasteiger partial charge in [-0.1, -0.05) is 48.5 Å². The third kappa shape index (κ3) is 3.44. The van der Waals surface area contributed by atoms with E-state index in [-0.39, 0.29) is 11.6 Å². The van der Waals surface area contributed by atoms with Gasteiger partial charge in [-0.2, -0.15) is 0 Å². The molecule has 0 aliphatic carbocycles. The van der Waals surface area contributed by atoms with Crippen LogP contribution >= 0.6 is 0 Å². The zero-order valence-electron chi connectivity index (χ0n) is 14.9. The van der Waals surface area contributed by atoms with Crippen LogP contribution in [0.15, 0.2) is 71.5 Å². The molecule has 1 aliphatic heterocycles. The Morgan fingerprint density at radius 1 is 1.07 bits per heavy atom. The van der Waals surface area contributed by atoms with E-state index in [1.54, 1.807) is 16.8 Å². The van der Waals surface area contributed by atoms with Crippen molar-refractivity contribution in [2.24, 2.45) is 4.99 Å². The minimum Gasteiger partial charge on any atom is -0.407 e. The molecule has 5 heteroatoms. The number of ether oxygens (including phenoxy) is 1. The highest BCUT2D eigenvalue weighted by atomic mass is 16.6. The van der Waals surface area contributed by atoms with Crippen molar-refractivity contribution in [3.05, 3.63) is 77.6 Å². The van der Waals surface area contributed by atoms with Crippen LogP contribution in [0.5, 0.6) is 0 Å². The summed E-state index contributed by atoms with van der Waals surface area (Å²) in [5, 5.41) is 0.890. The summed E-state index contributed by atoms with van der Waals surface area (Å²) in [6.07, 6.45) is 4.72. The van der Waals surface area contributed by atoms with Gasteiger partial charge in [0.1, 0.15) is 0 Å². The summed E-state index contributed by atoms with van der Waals surface area (Å²) in [7, 11) is 0. The van der Waals surface area contributed by atoms with Crippen LogP contribution in [0.2, 0.25) is 0 Å². The van der Waals surface area contributed by atoms with E-state index in [0.29, 0.717) is 12.3 Å². The van der Waals surface area contributed by atoms with Crippen molar-refractivity contribution in [1.29, 1.82) is 0 Å². The van der Waals surface area contributed by atoms with Crippen LogP contribution in [0.25, 0.3) is 17.0 Å². The monoisotopic (exact) mass is 358 g/mol. The Balaban J connectivity index is 1.62. The zero-order chi connectivity index (χ0) is 18.8. The first-order valence-electron chi connectivity index (χ1n) is 8.78. The second-order valence-corrected chi connectivity index (χ2v) is 6.40. The minimum absolute atomic E-state index is 0.0862. The highest BCUT2D eigenvalue weighted by molar-refractivity contribution is 6.08. The Hall–Kier alpha value is -3.47. The number of aliphatic imine (C=N–C) groups is 1. The highest BCUT2D eigenvalue weighted by Gasteiger charge is 2.23. The summed E-state index contributed by atoms with van der Waals surface area (Å²) >= 11 is 0. The van der Waals surface area contributed by atoms with Gasteiger partial charge in [-0.05, 0) is 24.1 Å². The minimum atomic E-state index is -0.460. The van der Waals surface area contributed by atoms with Crippen LogP contribution in [0.3, 0.4) is 0 Å². The van der Waals surface area contributed by atoms with E-state index in [9.17, 15) is 9.59 Å². The molecule has 0 spiro atoms. The fourth-order valence-electron chi connectivity index (χ4n) is 3.19. The molecule has 0 N–H and O–H groups in total. The number of hydrogen-bond donors (Lipinski definition) is 0. The molecule has 0 unspecified atom stereocenters. The van der Waals surface area contributed by atoms with Crippen LogP contribution < -0.4 is 0 Å². The molecule has 0 saturated carbocycles. The second kappa shape index (κ2) is 7.03. The van der Waals surface area contributed by atoms with Gasteiger partial charge < -0.3 is 4.74 Å². The van der Waals surface area contributed by atoms with E-state index in [1.165, 1.54) is 12.5 Å².